The van der Waals surface area contributed by atoms with Crippen LogP contribution in [0.5, 0.6) is 0 Å². The van der Waals surface area contributed by atoms with Crippen molar-refractivity contribution in [3.63, 3.8) is 0 Å². The molecule has 0 saturated carbocycles. The second-order valence-electron chi connectivity index (χ2n) is 8.23. The average molecular weight is 473 g/mol. The second-order valence-corrected chi connectivity index (χ2v) is 8.23. The number of carbonyl (C=O) groups is 2. The number of esters is 1. The largest absolute Gasteiger partial charge is 0.462 e. The van der Waals surface area contributed by atoms with Crippen LogP contribution >= 0.6 is 0 Å². The Morgan fingerprint density at radius 2 is 1.77 bits per heavy atom. The number of aromatic nitrogens is 3. The van der Waals surface area contributed by atoms with E-state index in [2.05, 4.69) is 20.3 Å². The van der Waals surface area contributed by atoms with Crippen LogP contribution in [0.1, 0.15) is 39.7 Å². The van der Waals surface area contributed by atoms with Crippen molar-refractivity contribution in [3.8, 4) is 0 Å². The minimum Gasteiger partial charge on any atom is -0.462 e. The molecule has 0 unspecified atom stereocenters. The molecular formula is C27H25FN4O3. The van der Waals surface area contributed by atoms with Gasteiger partial charge in [-0.25, -0.2) is 24.1 Å². The molecule has 35 heavy (non-hydrogen) atoms. The van der Waals surface area contributed by atoms with Crippen molar-refractivity contribution in [2.75, 3.05) is 11.9 Å². The Balaban J connectivity index is 1.46. The van der Waals surface area contributed by atoms with Crippen LogP contribution in [-0.4, -0.2) is 33.3 Å². The zero-order valence-electron chi connectivity index (χ0n) is 19.8. The monoisotopic (exact) mass is 472 g/mol. The van der Waals surface area contributed by atoms with Gasteiger partial charge in [0.15, 0.2) is 11.5 Å². The fraction of sp³-hybridized carbons (Fsp3) is 0.222. The van der Waals surface area contributed by atoms with Gasteiger partial charge >= 0.3 is 5.97 Å². The molecule has 0 atom stereocenters. The molecule has 0 radical (unpaired) electrons. The quantitative estimate of drug-likeness (QED) is 0.358. The Bertz CT molecular complexity index is 1400. The number of nitrogens with zero attached hydrogens (tertiary/aromatic N) is 3. The van der Waals surface area contributed by atoms with E-state index in [1.54, 1.807) is 56.4 Å². The number of ether oxygens (including phenoxy) is 1. The normalized spacial score (nSPS) is 10.9. The summed E-state index contributed by atoms with van der Waals surface area (Å²) in [6.45, 7) is 5.60. The third-order valence-corrected chi connectivity index (χ3v) is 5.51. The summed E-state index contributed by atoms with van der Waals surface area (Å²) in [5, 5.41) is 3.15. The number of benzene rings is 2. The first-order valence-electron chi connectivity index (χ1n) is 11.3. The van der Waals surface area contributed by atoms with E-state index in [0.29, 0.717) is 40.4 Å². The summed E-state index contributed by atoms with van der Waals surface area (Å²) in [5.74, 6) is -0.134. The first-order chi connectivity index (χ1) is 16.8. The van der Waals surface area contributed by atoms with Crippen molar-refractivity contribution in [2.24, 2.45) is 0 Å². The van der Waals surface area contributed by atoms with Crippen LogP contribution in [0.25, 0.3) is 11.2 Å². The van der Waals surface area contributed by atoms with Gasteiger partial charge in [-0.05, 0) is 73.9 Å². The number of halogens is 1. The van der Waals surface area contributed by atoms with Crippen LogP contribution in [0.4, 0.5) is 15.9 Å². The number of rotatable bonds is 8. The Morgan fingerprint density at radius 1 is 1.00 bits per heavy atom. The fourth-order valence-electron chi connectivity index (χ4n) is 3.68. The summed E-state index contributed by atoms with van der Waals surface area (Å²) >= 11 is 0. The lowest BCUT2D eigenvalue weighted by Gasteiger charge is -2.09. The maximum absolute atomic E-state index is 13.5. The van der Waals surface area contributed by atoms with Gasteiger partial charge in [-0.2, -0.15) is 0 Å². The first-order valence-corrected chi connectivity index (χ1v) is 11.3. The molecule has 0 aliphatic rings. The Labute approximate surface area is 202 Å². The first kappa shape index (κ1) is 23.9. The molecule has 1 N–H and O–H groups in total. The molecule has 2 heterocycles. The highest BCUT2D eigenvalue weighted by atomic mass is 19.1. The zero-order chi connectivity index (χ0) is 24.9. The standard InChI is InChI=1S/C27H25FN4O3/c1-4-35-27(34)19-6-8-21(9-7-19)31-25-15-29-24-14-20(17(3)30-26(24)32-25)13-22(33)12-18-5-10-23(28)16(2)11-18/h5-11,14-15H,4,12-13H2,1-3H3,(H,30,31,32). The minimum atomic E-state index is -0.369. The molecule has 4 rings (SSSR count). The van der Waals surface area contributed by atoms with Gasteiger partial charge in [-0.1, -0.05) is 12.1 Å². The number of carbonyl (C=O) groups excluding carboxylic acids is 2. The van der Waals surface area contributed by atoms with Crippen molar-refractivity contribution in [1.82, 2.24) is 15.0 Å². The van der Waals surface area contributed by atoms with E-state index in [9.17, 15) is 14.0 Å². The third kappa shape index (κ3) is 5.84. The molecule has 0 aliphatic heterocycles. The number of fused-ring (bicyclic) bond motifs is 1. The van der Waals surface area contributed by atoms with Crippen molar-refractivity contribution in [1.29, 1.82) is 0 Å². The molecule has 0 fully saturated rings. The van der Waals surface area contributed by atoms with Gasteiger partial charge in [0.1, 0.15) is 17.1 Å². The molecule has 0 spiro atoms. The summed E-state index contributed by atoms with van der Waals surface area (Å²) < 4.78 is 18.5. The number of ketones is 1. The number of anilines is 2. The lowest BCUT2D eigenvalue weighted by Crippen LogP contribution is -2.09. The van der Waals surface area contributed by atoms with E-state index in [0.717, 1.165) is 16.8 Å². The van der Waals surface area contributed by atoms with E-state index in [-0.39, 0.29) is 30.4 Å². The van der Waals surface area contributed by atoms with E-state index in [1.807, 2.05) is 13.0 Å². The topological polar surface area (TPSA) is 94.1 Å². The van der Waals surface area contributed by atoms with Crippen LogP contribution in [0.3, 0.4) is 0 Å². The van der Waals surface area contributed by atoms with Crippen LogP contribution in [0.15, 0.2) is 54.7 Å². The summed E-state index contributed by atoms with van der Waals surface area (Å²) in [6.07, 6.45) is 2.02. The van der Waals surface area contributed by atoms with E-state index in [1.165, 1.54) is 6.07 Å². The lowest BCUT2D eigenvalue weighted by atomic mass is 10.0. The number of pyridine rings is 1. The van der Waals surface area contributed by atoms with E-state index < -0.39 is 0 Å². The number of Topliss-reactive ketones (excluding diaryl/α,β-unsaturated/α-hetero) is 1. The molecule has 0 saturated heterocycles. The molecule has 7 nitrogen and oxygen atoms in total. The van der Waals surface area contributed by atoms with Crippen LogP contribution in [-0.2, 0) is 22.4 Å². The number of aryl methyl sites for hydroxylation is 2. The van der Waals surface area contributed by atoms with Gasteiger partial charge in [0, 0.05) is 24.2 Å². The maximum atomic E-state index is 13.5. The summed E-state index contributed by atoms with van der Waals surface area (Å²) in [4.78, 5) is 37.9. The Kier molecular flexibility index (Phi) is 7.10. The fourth-order valence-corrected chi connectivity index (χ4v) is 3.68. The van der Waals surface area contributed by atoms with Crippen LogP contribution < -0.4 is 5.32 Å². The summed E-state index contributed by atoms with van der Waals surface area (Å²) in [6, 6.07) is 13.4. The van der Waals surface area contributed by atoms with Gasteiger partial charge in [-0.15, -0.1) is 0 Å². The molecule has 2 aromatic carbocycles. The predicted octanol–water partition coefficient (Wildman–Crippen LogP) is 5.06. The Morgan fingerprint density at radius 3 is 2.49 bits per heavy atom. The maximum Gasteiger partial charge on any atom is 0.338 e. The molecule has 8 heteroatoms. The van der Waals surface area contributed by atoms with Gasteiger partial charge in [0.05, 0.1) is 18.4 Å². The average Bonchev–Trinajstić information content (AvgIpc) is 2.82. The Hall–Kier alpha value is -4.20. The van der Waals surface area contributed by atoms with Gasteiger partial charge < -0.3 is 10.1 Å². The number of hydrogen-bond acceptors (Lipinski definition) is 7. The van der Waals surface area contributed by atoms with Gasteiger partial charge in [-0.3, -0.25) is 4.79 Å². The molecule has 4 aromatic rings. The van der Waals surface area contributed by atoms with Crippen LogP contribution in [0.2, 0.25) is 0 Å². The predicted molar refractivity (Wildman–Crippen MR) is 131 cm³/mol. The van der Waals surface area contributed by atoms with Crippen molar-refractivity contribution in [3.05, 3.63) is 88.5 Å². The van der Waals surface area contributed by atoms with Gasteiger partial charge in [0.25, 0.3) is 0 Å². The van der Waals surface area contributed by atoms with Gasteiger partial charge in [0.2, 0.25) is 0 Å². The third-order valence-electron chi connectivity index (χ3n) is 5.51. The highest BCUT2D eigenvalue weighted by Crippen LogP contribution is 2.20. The summed E-state index contributed by atoms with van der Waals surface area (Å²) in [7, 11) is 0. The van der Waals surface area contributed by atoms with E-state index >= 15 is 0 Å². The van der Waals surface area contributed by atoms with Crippen molar-refractivity contribution >= 4 is 34.4 Å². The van der Waals surface area contributed by atoms with Crippen LogP contribution in [0, 0.1) is 19.7 Å². The molecule has 0 amide bonds. The highest BCUT2D eigenvalue weighted by molar-refractivity contribution is 5.90. The van der Waals surface area contributed by atoms with E-state index in [4.69, 9.17) is 4.74 Å². The van der Waals surface area contributed by atoms with Crippen molar-refractivity contribution < 1.29 is 18.7 Å². The number of nitrogens with one attached hydrogen (secondary N) is 1. The SMILES string of the molecule is CCOC(=O)c1ccc(Nc2cnc3cc(CC(=O)Cc4ccc(F)c(C)c4)c(C)nc3n2)cc1. The zero-order valence-corrected chi connectivity index (χ0v) is 19.8. The smallest absolute Gasteiger partial charge is 0.338 e. The molecule has 178 valence electrons. The molecule has 2 aromatic heterocycles. The number of hydrogen-bond donors (Lipinski definition) is 1. The second kappa shape index (κ2) is 10.4. The molecule has 0 bridgehead atoms. The van der Waals surface area contributed by atoms with Crippen molar-refractivity contribution in [2.45, 2.75) is 33.6 Å². The highest BCUT2D eigenvalue weighted by Gasteiger charge is 2.13. The molecule has 0 aliphatic carbocycles. The molecular weight excluding hydrogens is 447 g/mol. The summed E-state index contributed by atoms with van der Waals surface area (Å²) in [5.41, 5.74) is 5.04. The minimum absolute atomic E-state index is 0.0118. The lowest BCUT2D eigenvalue weighted by molar-refractivity contribution is -0.117.